The molecule has 1 unspecified atom stereocenters. The van der Waals surface area contributed by atoms with Gasteiger partial charge in [0.05, 0.1) is 0 Å². The average molecular weight is 247 g/mol. The minimum atomic E-state index is -0.349. The number of benzene rings is 1. The second-order valence-corrected chi connectivity index (χ2v) is 4.49. The topological polar surface area (TPSA) is 52.3 Å². The standard InChI is InChI=1S/C15H21NO2/c1-4-5-9-14(18-15(17)11(2)3)12-7-6-8-13(16)10-12/h6-8,10,14H,2,4-5,9,16H2,1,3H3. The molecule has 0 heterocycles. The number of unbranched alkanes of at least 4 members (excludes halogenated alkanes) is 1. The van der Waals surface area contributed by atoms with Crippen LogP contribution < -0.4 is 5.73 Å². The van der Waals surface area contributed by atoms with Gasteiger partial charge in [-0.05, 0) is 37.5 Å². The molecule has 98 valence electrons. The summed E-state index contributed by atoms with van der Waals surface area (Å²) in [4.78, 5) is 11.6. The van der Waals surface area contributed by atoms with Crippen LogP contribution in [0.2, 0.25) is 0 Å². The number of hydrogen-bond donors (Lipinski definition) is 1. The molecule has 0 aliphatic carbocycles. The fourth-order valence-corrected chi connectivity index (χ4v) is 1.67. The Bertz CT molecular complexity index is 426. The third-order valence-electron chi connectivity index (χ3n) is 2.70. The molecule has 0 fully saturated rings. The third kappa shape index (κ3) is 4.24. The normalized spacial score (nSPS) is 11.9. The Balaban J connectivity index is 2.83. The van der Waals surface area contributed by atoms with E-state index in [1.54, 1.807) is 6.92 Å². The van der Waals surface area contributed by atoms with Gasteiger partial charge in [-0.25, -0.2) is 4.79 Å². The van der Waals surface area contributed by atoms with Crippen LogP contribution in [0, 0.1) is 0 Å². The lowest BCUT2D eigenvalue weighted by Crippen LogP contribution is -2.12. The number of hydrogen-bond acceptors (Lipinski definition) is 3. The highest BCUT2D eigenvalue weighted by molar-refractivity contribution is 5.87. The van der Waals surface area contributed by atoms with Crippen molar-refractivity contribution in [3.05, 3.63) is 42.0 Å². The van der Waals surface area contributed by atoms with E-state index in [-0.39, 0.29) is 12.1 Å². The molecule has 0 saturated heterocycles. The average Bonchev–Trinajstić information content (AvgIpc) is 2.34. The largest absolute Gasteiger partial charge is 0.454 e. The maximum Gasteiger partial charge on any atom is 0.333 e. The number of nitrogens with two attached hydrogens (primary N) is 1. The Hall–Kier alpha value is -1.77. The highest BCUT2D eigenvalue weighted by atomic mass is 16.5. The van der Waals surface area contributed by atoms with Crippen LogP contribution >= 0.6 is 0 Å². The van der Waals surface area contributed by atoms with Crippen LogP contribution in [0.15, 0.2) is 36.4 Å². The molecule has 1 aromatic rings. The molecule has 2 N–H and O–H groups in total. The van der Waals surface area contributed by atoms with Crippen molar-refractivity contribution in [3.8, 4) is 0 Å². The molecule has 0 aromatic heterocycles. The second kappa shape index (κ2) is 6.84. The first-order valence-corrected chi connectivity index (χ1v) is 6.26. The van der Waals surface area contributed by atoms with Crippen LogP contribution in [-0.4, -0.2) is 5.97 Å². The summed E-state index contributed by atoms with van der Waals surface area (Å²) in [5.74, 6) is -0.349. The fraction of sp³-hybridized carbons (Fsp3) is 0.400. The number of carbonyl (C=O) groups is 1. The van der Waals surface area contributed by atoms with Crippen molar-refractivity contribution >= 4 is 11.7 Å². The van der Waals surface area contributed by atoms with E-state index in [0.717, 1.165) is 24.8 Å². The number of rotatable bonds is 6. The van der Waals surface area contributed by atoms with E-state index in [2.05, 4.69) is 13.5 Å². The Morgan fingerprint density at radius 3 is 2.78 bits per heavy atom. The predicted octanol–water partition coefficient (Wildman–Crippen LogP) is 3.62. The Labute approximate surface area is 109 Å². The lowest BCUT2D eigenvalue weighted by Gasteiger charge is -2.18. The van der Waals surface area contributed by atoms with Crippen molar-refractivity contribution in [2.45, 2.75) is 39.2 Å². The summed E-state index contributed by atoms with van der Waals surface area (Å²) >= 11 is 0. The number of esters is 1. The van der Waals surface area contributed by atoms with Gasteiger partial charge in [0, 0.05) is 11.3 Å². The number of nitrogen functional groups attached to an aromatic ring is 1. The monoisotopic (exact) mass is 247 g/mol. The molecule has 1 aromatic carbocycles. The van der Waals surface area contributed by atoms with Gasteiger partial charge in [0.1, 0.15) is 6.10 Å². The number of carbonyl (C=O) groups excluding carboxylic acids is 1. The molecule has 3 nitrogen and oxygen atoms in total. The van der Waals surface area contributed by atoms with Gasteiger partial charge >= 0.3 is 5.97 Å². The van der Waals surface area contributed by atoms with Crippen LogP contribution in [0.25, 0.3) is 0 Å². The zero-order chi connectivity index (χ0) is 13.5. The summed E-state index contributed by atoms with van der Waals surface area (Å²) < 4.78 is 5.46. The van der Waals surface area contributed by atoms with Crippen molar-refractivity contribution < 1.29 is 9.53 Å². The summed E-state index contributed by atoms with van der Waals surface area (Å²) in [6.45, 7) is 7.36. The Kier molecular flexibility index (Phi) is 5.43. The molecular formula is C15H21NO2. The van der Waals surface area contributed by atoms with Gasteiger partial charge in [0.2, 0.25) is 0 Å². The van der Waals surface area contributed by atoms with Gasteiger partial charge < -0.3 is 10.5 Å². The van der Waals surface area contributed by atoms with E-state index in [9.17, 15) is 4.79 Å². The van der Waals surface area contributed by atoms with Gasteiger partial charge in [0.25, 0.3) is 0 Å². The molecule has 3 heteroatoms. The van der Waals surface area contributed by atoms with E-state index in [1.165, 1.54) is 0 Å². The first kappa shape index (κ1) is 14.3. The molecule has 0 bridgehead atoms. The molecule has 1 atom stereocenters. The molecule has 0 amide bonds. The van der Waals surface area contributed by atoms with Crippen molar-refractivity contribution in [1.29, 1.82) is 0 Å². The molecule has 0 aliphatic heterocycles. The zero-order valence-corrected chi connectivity index (χ0v) is 11.1. The van der Waals surface area contributed by atoms with Crippen LogP contribution in [0.4, 0.5) is 5.69 Å². The van der Waals surface area contributed by atoms with Crippen molar-refractivity contribution in [2.24, 2.45) is 0 Å². The minimum absolute atomic E-state index is 0.238. The lowest BCUT2D eigenvalue weighted by molar-refractivity contribution is -0.145. The van der Waals surface area contributed by atoms with Crippen LogP contribution in [0.5, 0.6) is 0 Å². The highest BCUT2D eigenvalue weighted by Gasteiger charge is 2.16. The molecule has 0 spiro atoms. The van der Waals surface area contributed by atoms with Crippen LogP contribution in [0.1, 0.15) is 44.8 Å². The summed E-state index contributed by atoms with van der Waals surface area (Å²) in [5, 5.41) is 0. The van der Waals surface area contributed by atoms with E-state index in [4.69, 9.17) is 10.5 Å². The quantitative estimate of drug-likeness (QED) is 0.474. The summed E-state index contributed by atoms with van der Waals surface area (Å²) in [5.41, 5.74) is 7.80. The summed E-state index contributed by atoms with van der Waals surface area (Å²) in [6.07, 6.45) is 2.63. The minimum Gasteiger partial charge on any atom is -0.454 e. The predicted molar refractivity (Wildman–Crippen MR) is 74.0 cm³/mol. The van der Waals surface area contributed by atoms with Crippen molar-refractivity contribution in [3.63, 3.8) is 0 Å². The van der Waals surface area contributed by atoms with Crippen LogP contribution in [0.3, 0.4) is 0 Å². The van der Waals surface area contributed by atoms with Gasteiger partial charge in [-0.1, -0.05) is 32.1 Å². The smallest absolute Gasteiger partial charge is 0.333 e. The number of anilines is 1. The second-order valence-electron chi connectivity index (χ2n) is 4.49. The van der Waals surface area contributed by atoms with Gasteiger partial charge in [-0.2, -0.15) is 0 Å². The first-order chi connectivity index (χ1) is 8.54. The summed E-state index contributed by atoms with van der Waals surface area (Å²) in [7, 11) is 0. The molecule has 0 radical (unpaired) electrons. The molecule has 1 rings (SSSR count). The highest BCUT2D eigenvalue weighted by Crippen LogP contribution is 2.25. The van der Waals surface area contributed by atoms with E-state index in [0.29, 0.717) is 11.3 Å². The fourth-order valence-electron chi connectivity index (χ4n) is 1.67. The Morgan fingerprint density at radius 2 is 2.22 bits per heavy atom. The molecule has 18 heavy (non-hydrogen) atoms. The van der Waals surface area contributed by atoms with Crippen LogP contribution in [-0.2, 0) is 9.53 Å². The SMILES string of the molecule is C=C(C)C(=O)OC(CCCC)c1cccc(N)c1. The third-order valence-corrected chi connectivity index (χ3v) is 2.70. The first-order valence-electron chi connectivity index (χ1n) is 6.26. The van der Waals surface area contributed by atoms with E-state index in [1.807, 2.05) is 24.3 Å². The number of ether oxygens (including phenoxy) is 1. The molecular weight excluding hydrogens is 226 g/mol. The zero-order valence-electron chi connectivity index (χ0n) is 11.1. The maximum absolute atomic E-state index is 11.6. The van der Waals surface area contributed by atoms with Gasteiger partial charge in [0.15, 0.2) is 0 Å². The lowest BCUT2D eigenvalue weighted by atomic mass is 10.0. The van der Waals surface area contributed by atoms with Crippen molar-refractivity contribution in [2.75, 3.05) is 5.73 Å². The Morgan fingerprint density at radius 1 is 1.50 bits per heavy atom. The van der Waals surface area contributed by atoms with Gasteiger partial charge in [-0.15, -0.1) is 0 Å². The van der Waals surface area contributed by atoms with Gasteiger partial charge in [-0.3, -0.25) is 0 Å². The van der Waals surface area contributed by atoms with Crippen molar-refractivity contribution in [1.82, 2.24) is 0 Å². The van der Waals surface area contributed by atoms with E-state index >= 15 is 0 Å². The maximum atomic E-state index is 11.6. The molecule has 0 saturated carbocycles. The van der Waals surface area contributed by atoms with E-state index < -0.39 is 0 Å². The molecule has 0 aliphatic rings. The summed E-state index contributed by atoms with van der Waals surface area (Å²) in [6, 6.07) is 7.48.